The van der Waals surface area contributed by atoms with Crippen molar-refractivity contribution >= 4 is 5.69 Å². The maximum atomic E-state index is 12.5. The quantitative estimate of drug-likeness (QED) is 0.931. The van der Waals surface area contributed by atoms with Crippen molar-refractivity contribution in [3.05, 3.63) is 74.7 Å². The fraction of sp³-hybridized carbons (Fsp3) is 0.250. The van der Waals surface area contributed by atoms with Crippen molar-refractivity contribution in [3.8, 4) is 0 Å². The highest BCUT2D eigenvalue weighted by molar-refractivity contribution is 5.55. The van der Waals surface area contributed by atoms with Crippen molar-refractivity contribution in [2.24, 2.45) is 0 Å². The number of nitrogens with one attached hydrogen (secondary N) is 1. The highest BCUT2D eigenvalue weighted by atomic mass is 16.2. The lowest BCUT2D eigenvalue weighted by Crippen LogP contribution is -2.40. The van der Waals surface area contributed by atoms with Crippen LogP contribution in [-0.2, 0) is 19.5 Å². The van der Waals surface area contributed by atoms with Crippen LogP contribution in [0.3, 0.4) is 0 Å². The summed E-state index contributed by atoms with van der Waals surface area (Å²) < 4.78 is 1.23. The van der Waals surface area contributed by atoms with Gasteiger partial charge in [-0.25, -0.2) is 4.79 Å². The Bertz CT molecular complexity index is 787. The molecular formula is C16H17N3O2. The topological polar surface area (TPSA) is 58.1 Å². The van der Waals surface area contributed by atoms with E-state index in [1.165, 1.54) is 4.57 Å². The van der Waals surface area contributed by atoms with E-state index in [2.05, 4.69) is 4.98 Å². The van der Waals surface area contributed by atoms with Gasteiger partial charge < -0.3 is 9.88 Å². The molecule has 0 radical (unpaired) electrons. The number of allylic oxidation sites excluding steroid dienone is 1. The molecule has 0 bridgehead atoms. The second-order valence-electron chi connectivity index (χ2n) is 5.01. The molecule has 0 atom stereocenters. The second kappa shape index (κ2) is 5.44. The summed E-state index contributed by atoms with van der Waals surface area (Å²) >= 11 is 0. The predicted molar refractivity (Wildman–Crippen MR) is 82.5 cm³/mol. The van der Waals surface area contributed by atoms with Gasteiger partial charge in [0.2, 0.25) is 0 Å². The minimum atomic E-state index is -0.337. The first-order valence-corrected chi connectivity index (χ1v) is 7.04. The number of hydrogen-bond acceptors (Lipinski definition) is 3. The largest absolute Gasteiger partial charge is 0.338 e. The summed E-state index contributed by atoms with van der Waals surface area (Å²) in [6.45, 7) is 2.77. The first kappa shape index (κ1) is 13.4. The Kier molecular flexibility index (Phi) is 3.48. The minimum Gasteiger partial charge on any atom is -0.338 e. The third-order valence-corrected chi connectivity index (χ3v) is 3.64. The number of H-pyrrole nitrogens is 1. The van der Waals surface area contributed by atoms with Crippen LogP contribution in [0, 0.1) is 0 Å². The Morgan fingerprint density at radius 3 is 2.67 bits per heavy atom. The summed E-state index contributed by atoms with van der Waals surface area (Å²) in [6, 6.07) is 9.95. The molecule has 0 saturated carbocycles. The molecule has 5 nitrogen and oxygen atoms in total. The SMILES string of the molecule is CCn1c(=O)[nH]c2c(c1=O)N(Cc1ccccc1)C=CC2. The van der Waals surface area contributed by atoms with Crippen molar-refractivity contribution in [3.63, 3.8) is 0 Å². The smallest absolute Gasteiger partial charge is 0.328 e. The first-order chi connectivity index (χ1) is 10.2. The monoisotopic (exact) mass is 283 g/mol. The Balaban J connectivity index is 2.07. The average Bonchev–Trinajstić information content (AvgIpc) is 2.48. The lowest BCUT2D eigenvalue weighted by Gasteiger charge is -2.25. The molecule has 3 rings (SSSR count). The molecule has 0 aliphatic carbocycles. The summed E-state index contributed by atoms with van der Waals surface area (Å²) in [5.41, 5.74) is 1.81. The predicted octanol–water partition coefficient (Wildman–Crippen LogP) is 1.63. The summed E-state index contributed by atoms with van der Waals surface area (Å²) in [5.74, 6) is 0. The molecule has 21 heavy (non-hydrogen) atoms. The Morgan fingerprint density at radius 2 is 1.95 bits per heavy atom. The summed E-state index contributed by atoms with van der Waals surface area (Å²) in [7, 11) is 0. The van der Waals surface area contributed by atoms with Crippen molar-refractivity contribution in [2.75, 3.05) is 4.90 Å². The molecule has 1 aliphatic rings. The number of aromatic amines is 1. The number of anilines is 1. The standard InChI is InChI=1S/C16H17N3O2/c1-2-19-15(20)14-13(17-16(19)21)9-6-10-18(14)11-12-7-4-3-5-8-12/h3-8,10H,2,9,11H2,1H3,(H,17,21). The maximum absolute atomic E-state index is 12.5. The van der Waals surface area contributed by atoms with Gasteiger partial charge in [0.05, 0.1) is 5.69 Å². The van der Waals surface area contributed by atoms with Gasteiger partial charge >= 0.3 is 5.69 Å². The van der Waals surface area contributed by atoms with E-state index in [-0.39, 0.29) is 11.2 Å². The average molecular weight is 283 g/mol. The van der Waals surface area contributed by atoms with Crippen LogP contribution in [0.5, 0.6) is 0 Å². The van der Waals surface area contributed by atoms with Gasteiger partial charge in [-0.2, -0.15) is 0 Å². The van der Waals surface area contributed by atoms with Crippen LogP contribution in [0.4, 0.5) is 5.69 Å². The third-order valence-electron chi connectivity index (χ3n) is 3.64. The Morgan fingerprint density at radius 1 is 1.19 bits per heavy atom. The minimum absolute atomic E-state index is 0.225. The molecule has 2 aromatic rings. The number of nitrogens with zero attached hydrogens (tertiary/aromatic N) is 2. The number of hydrogen-bond donors (Lipinski definition) is 1. The Labute approximate surface area is 122 Å². The lowest BCUT2D eigenvalue weighted by molar-refractivity contribution is 0.659. The summed E-state index contributed by atoms with van der Waals surface area (Å²) in [5, 5.41) is 0. The highest BCUT2D eigenvalue weighted by Gasteiger charge is 2.20. The highest BCUT2D eigenvalue weighted by Crippen LogP contribution is 2.21. The Hall–Kier alpha value is -2.56. The van der Waals surface area contributed by atoms with Gasteiger partial charge in [0.25, 0.3) is 5.56 Å². The van der Waals surface area contributed by atoms with Crippen LogP contribution < -0.4 is 16.1 Å². The lowest BCUT2D eigenvalue weighted by atomic mass is 10.1. The van der Waals surface area contributed by atoms with Crippen molar-refractivity contribution < 1.29 is 0 Å². The van der Waals surface area contributed by atoms with E-state index in [0.717, 1.165) is 5.56 Å². The number of rotatable bonds is 3. The van der Waals surface area contributed by atoms with Crippen LogP contribution in [0.2, 0.25) is 0 Å². The molecule has 0 spiro atoms. The molecule has 0 fully saturated rings. The van der Waals surface area contributed by atoms with Gasteiger partial charge in [-0.1, -0.05) is 36.4 Å². The first-order valence-electron chi connectivity index (χ1n) is 7.04. The fourth-order valence-electron chi connectivity index (χ4n) is 2.62. The van der Waals surface area contributed by atoms with Crippen molar-refractivity contribution in [1.29, 1.82) is 0 Å². The molecule has 5 heteroatoms. The molecule has 0 unspecified atom stereocenters. The van der Waals surface area contributed by atoms with Gasteiger partial charge in [0.15, 0.2) is 0 Å². The van der Waals surface area contributed by atoms with Gasteiger partial charge in [0, 0.05) is 25.7 Å². The molecule has 108 valence electrons. The molecule has 1 aliphatic heterocycles. The zero-order chi connectivity index (χ0) is 14.8. The van der Waals surface area contributed by atoms with Gasteiger partial charge in [-0.3, -0.25) is 9.36 Å². The zero-order valence-corrected chi connectivity index (χ0v) is 11.9. The van der Waals surface area contributed by atoms with E-state index in [1.54, 1.807) is 6.92 Å². The fourth-order valence-corrected chi connectivity index (χ4v) is 2.62. The van der Waals surface area contributed by atoms with Gasteiger partial charge in [-0.05, 0) is 12.5 Å². The van der Waals surface area contributed by atoms with E-state index >= 15 is 0 Å². The van der Waals surface area contributed by atoms with Gasteiger partial charge in [0.1, 0.15) is 5.69 Å². The molecule has 1 aromatic carbocycles. The molecular weight excluding hydrogens is 266 g/mol. The van der Waals surface area contributed by atoms with Crippen LogP contribution in [0.15, 0.2) is 52.2 Å². The molecule has 0 saturated heterocycles. The van der Waals surface area contributed by atoms with Crippen LogP contribution >= 0.6 is 0 Å². The molecule has 1 aromatic heterocycles. The van der Waals surface area contributed by atoms with E-state index in [1.807, 2.05) is 47.5 Å². The van der Waals surface area contributed by atoms with E-state index in [0.29, 0.717) is 30.9 Å². The number of aromatic nitrogens is 2. The van der Waals surface area contributed by atoms with E-state index in [9.17, 15) is 9.59 Å². The van der Waals surface area contributed by atoms with Crippen molar-refractivity contribution in [1.82, 2.24) is 9.55 Å². The zero-order valence-electron chi connectivity index (χ0n) is 11.9. The normalized spacial score (nSPS) is 13.3. The van der Waals surface area contributed by atoms with E-state index in [4.69, 9.17) is 0 Å². The third kappa shape index (κ3) is 2.42. The molecule has 2 heterocycles. The van der Waals surface area contributed by atoms with Gasteiger partial charge in [-0.15, -0.1) is 0 Å². The number of benzene rings is 1. The van der Waals surface area contributed by atoms with Crippen molar-refractivity contribution in [2.45, 2.75) is 26.4 Å². The van der Waals surface area contributed by atoms with Crippen LogP contribution in [0.1, 0.15) is 18.2 Å². The second-order valence-corrected chi connectivity index (χ2v) is 5.01. The maximum Gasteiger partial charge on any atom is 0.328 e. The molecule has 1 N–H and O–H groups in total. The summed E-state index contributed by atoms with van der Waals surface area (Å²) in [4.78, 5) is 29.1. The number of fused-ring (bicyclic) bond motifs is 1. The van der Waals surface area contributed by atoms with Crippen LogP contribution in [0.25, 0.3) is 0 Å². The van der Waals surface area contributed by atoms with E-state index < -0.39 is 0 Å². The molecule has 0 amide bonds. The van der Waals surface area contributed by atoms with Crippen LogP contribution in [-0.4, -0.2) is 9.55 Å². The summed E-state index contributed by atoms with van der Waals surface area (Å²) in [6.07, 6.45) is 4.45.